The number of nitrogens with zero attached hydrogens (tertiary/aromatic N) is 1. The Kier molecular flexibility index (Phi) is 14.8. The van der Waals surface area contributed by atoms with Crippen LogP contribution in [0.1, 0.15) is 65.4 Å². The second kappa shape index (κ2) is 17.7. The summed E-state index contributed by atoms with van der Waals surface area (Å²) in [5.41, 5.74) is 0.438. The molecular formula is C32H47NO8. The van der Waals surface area contributed by atoms with Crippen molar-refractivity contribution in [3.63, 3.8) is 0 Å². The first-order valence-electron chi connectivity index (χ1n) is 14.5. The Morgan fingerprint density at radius 2 is 1.63 bits per heavy atom. The van der Waals surface area contributed by atoms with E-state index in [1.165, 1.54) is 21.2 Å². The van der Waals surface area contributed by atoms with Gasteiger partial charge in [-0.1, -0.05) is 48.9 Å². The molecule has 0 spiro atoms. The number of aliphatic hydroxyl groups excluding tert-OH is 1. The Bertz CT molecular complexity index is 1100. The van der Waals surface area contributed by atoms with Gasteiger partial charge in [-0.25, -0.2) is 9.59 Å². The van der Waals surface area contributed by atoms with E-state index in [0.717, 1.165) is 25.7 Å². The molecule has 0 fully saturated rings. The van der Waals surface area contributed by atoms with Gasteiger partial charge in [0.15, 0.2) is 12.2 Å². The van der Waals surface area contributed by atoms with Gasteiger partial charge in [-0.05, 0) is 76.1 Å². The van der Waals surface area contributed by atoms with Gasteiger partial charge in [0.05, 0.1) is 6.61 Å². The van der Waals surface area contributed by atoms with E-state index in [1.54, 1.807) is 34.7 Å². The third-order valence-electron chi connectivity index (χ3n) is 6.34. The van der Waals surface area contributed by atoms with Crippen molar-refractivity contribution in [2.24, 2.45) is 0 Å². The first kappa shape index (κ1) is 34.2. The van der Waals surface area contributed by atoms with Crippen molar-refractivity contribution >= 4 is 28.6 Å². The summed E-state index contributed by atoms with van der Waals surface area (Å²) in [4.78, 5) is 40.2. The van der Waals surface area contributed by atoms with Crippen molar-refractivity contribution in [1.29, 1.82) is 0 Å². The predicted molar refractivity (Wildman–Crippen MR) is 157 cm³/mol. The fourth-order valence-corrected chi connectivity index (χ4v) is 4.29. The molecule has 2 atom stereocenters. The quantitative estimate of drug-likeness (QED) is 0.206. The van der Waals surface area contributed by atoms with Gasteiger partial charge in [0.25, 0.3) is 5.91 Å². The Labute approximate surface area is 244 Å². The number of carbonyl (C=O) groups excluding carboxylic acids is 3. The second-order valence-electron chi connectivity index (χ2n) is 11.0. The van der Waals surface area contributed by atoms with E-state index in [-0.39, 0.29) is 19.8 Å². The van der Waals surface area contributed by atoms with Gasteiger partial charge in [-0.2, -0.15) is 0 Å². The summed E-state index contributed by atoms with van der Waals surface area (Å²) >= 11 is 0. The minimum Gasteiger partial charge on any atom is -0.464 e. The zero-order chi connectivity index (χ0) is 30.3. The molecule has 0 bridgehead atoms. The summed E-state index contributed by atoms with van der Waals surface area (Å²) in [5.74, 6) is -1.90. The van der Waals surface area contributed by atoms with Gasteiger partial charge in [0, 0.05) is 26.8 Å². The van der Waals surface area contributed by atoms with E-state index >= 15 is 0 Å². The highest BCUT2D eigenvalue weighted by atomic mass is 16.6. The number of rotatable bonds is 18. The maximum atomic E-state index is 13.5. The van der Waals surface area contributed by atoms with E-state index in [9.17, 15) is 14.4 Å². The van der Waals surface area contributed by atoms with Crippen LogP contribution in [0.5, 0.6) is 0 Å². The van der Waals surface area contributed by atoms with Gasteiger partial charge in [-0.3, -0.25) is 4.79 Å². The van der Waals surface area contributed by atoms with E-state index in [4.69, 9.17) is 24.1 Å². The Balaban J connectivity index is 2.02. The maximum Gasteiger partial charge on any atom is 0.339 e. The highest BCUT2D eigenvalue weighted by Crippen LogP contribution is 2.19. The zero-order valence-corrected chi connectivity index (χ0v) is 25.2. The fourth-order valence-electron chi connectivity index (χ4n) is 4.29. The van der Waals surface area contributed by atoms with Crippen LogP contribution in [-0.2, 0) is 39.8 Å². The number of ether oxygens (including phenoxy) is 4. The van der Waals surface area contributed by atoms with Crippen LogP contribution in [0.2, 0.25) is 0 Å². The van der Waals surface area contributed by atoms with Gasteiger partial charge in [0.2, 0.25) is 0 Å². The van der Waals surface area contributed by atoms with E-state index in [0.29, 0.717) is 19.4 Å². The third kappa shape index (κ3) is 12.6. The number of esters is 2. The summed E-state index contributed by atoms with van der Waals surface area (Å²) in [6.45, 7) is 6.98. The van der Waals surface area contributed by atoms with Crippen LogP contribution in [0.4, 0.5) is 0 Å². The molecule has 1 amide bonds. The largest absolute Gasteiger partial charge is 0.464 e. The lowest BCUT2D eigenvalue weighted by atomic mass is 10.0. The van der Waals surface area contributed by atoms with Crippen molar-refractivity contribution in [1.82, 2.24) is 4.90 Å². The van der Waals surface area contributed by atoms with Crippen LogP contribution >= 0.6 is 0 Å². The fraction of sp³-hybridized carbons (Fsp3) is 0.594. The number of carbonyl (C=O) groups is 3. The highest BCUT2D eigenvalue weighted by Gasteiger charge is 2.40. The summed E-state index contributed by atoms with van der Waals surface area (Å²) < 4.78 is 21.9. The molecule has 1 N–H and O–H groups in total. The lowest BCUT2D eigenvalue weighted by molar-refractivity contribution is -0.187. The van der Waals surface area contributed by atoms with E-state index < -0.39 is 42.3 Å². The van der Waals surface area contributed by atoms with Crippen molar-refractivity contribution in [2.45, 2.75) is 84.0 Å². The average molecular weight is 574 g/mol. The molecule has 0 aliphatic heterocycles. The molecule has 0 radical (unpaired) electrons. The lowest BCUT2D eigenvalue weighted by Gasteiger charge is -2.31. The predicted octanol–water partition coefficient (Wildman–Crippen LogP) is 4.46. The molecule has 228 valence electrons. The number of aryl methyl sites for hydroxylation is 1. The number of hydrogen-bond donors (Lipinski definition) is 1. The maximum absolute atomic E-state index is 13.5. The smallest absolute Gasteiger partial charge is 0.339 e. The SMILES string of the molecule is CCOC(=O)CO[C@@H](C(=O)OC(C)(C)C)[C@@H](OCCCCO)C(=O)N(C)CCCCCc1ccc2ccccc2c1. The first-order chi connectivity index (χ1) is 19.6. The molecule has 2 rings (SSSR count). The number of hydrogen-bond acceptors (Lipinski definition) is 8. The number of amides is 1. The Morgan fingerprint density at radius 1 is 0.902 bits per heavy atom. The van der Waals surface area contributed by atoms with Gasteiger partial charge < -0.3 is 29.0 Å². The Hall–Kier alpha value is -3.01. The van der Waals surface area contributed by atoms with Crippen molar-refractivity contribution < 1.29 is 38.4 Å². The number of aliphatic hydroxyl groups is 1. The molecule has 0 unspecified atom stereocenters. The lowest BCUT2D eigenvalue weighted by Crippen LogP contribution is -2.51. The summed E-state index contributed by atoms with van der Waals surface area (Å²) in [7, 11) is 1.66. The first-order valence-corrected chi connectivity index (χ1v) is 14.5. The molecule has 0 aromatic heterocycles. The minimum absolute atomic E-state index is 0.0179. The number of benzene rings is 2. The molecule has 0 aliphatic carbocycles. The molecule has 0 saturated carbocycles. The standard InChI is InChI=1S/C32H47NO8/c1-6-38-27(35)23-40-29(31(37)41-32(2,3)4)28(39-21-13-12-20-34)30(36)33(5)19-11-7-8-14-24-17-18-25-15-9-10-16-26(25)22-24/h9-10,15-18,22,28-29,34H,6-8,11-14,19-21,23H2,1-5H3/t28-,29-/m1/s1. The molecule has 9 nitrogen and oxygen atoms in total. The molecule has 41 heavy (non-hydrogen) atoms. The van der Waals surface area contributed by atoms with Crippen LogP contribution in [0, 0.1) is 0 Å². The zero-order valence-electron chi connectivity index (χ0n) is 25.2. The van der Waals surface area contributed by atoms with E-state index in [2.05, 4.69) is 30.3 Å². The monoisotopic (exact) mass is 573 g/mol. The van der Waals surface area contributed by atoms with E-state index in [1.807, 2.05) is 12.1 Å². The molecule has 0 saturated heterocycles. The highest BCUT2D eigenvalue weighted by molar-refractivity contribution is 5.89. The summed E-state index contributed by atoms with van der Waals surface area (Å²) in [6.07, 6.45) is 1.80. The van der Waals surface area contributed by atoms with Crippen molar-refractivity contribution in [2.75, 3.05) is 40.0 Å². The average Bonchev–Trinajstić information content (AvgIpc) is 2.92. The molecule has 9 heteroatoms. The van der Waals surface area contributed by atoms with Crippen LogP contribution < -0.4 is 0 Å². The topological polar surface area (TPSA) is 112 Å². The summed E-state index contributed by atoms with van der Waals surface area (Å²) in [5, 5.41) is 11.6. The number of fused-ring (bicyclic) bond motifs is 1. The second-order valence-corrected chi connectivity index (χ2v) is 11.0. The van der Waals surface area contributed by atoms with Gasteiger partial charge in [0.1, 0.15) is 12.2 Å². The van der Waals surface area contributed by atoms with Crippen LogP contribution in [0.3, 0.4) is 0 Å². The molecular weight excluding hydrogens is 526 g/mol. The minimum atomic E-state index is -1.46. The molecule has 2 aromatic rings. The molecule has 0 aliphatic rings. The van der Waals surface area contributed by atoms with Gasteiger partial charge in [-0.15, -0.1) is 0 Å². The van der Waals surface area contributed by atoms with Crippen LogP contribution in [0.25, 0.3) is 10.8 Å². The molecule has 0 heterocycles. The normalized spacial score (nSPS) is 13.0. The van der Waals surface area contributed by atoms with Crippen LogP contribution in [0.15, 0.2) is 42.5 Å². The number of unbranched alkanes of at least 4 members (excludes halogenated alkanes) is 3. The number of likely N-dealkylation sites (N-methyl/N-ethyl adjacent to an activating group) is 1. The molecule has 2 aromatic carbocycles. The Morgan fingerprint density at radius 3 is 2.32 bits per heavy atom. The summed E-state index contributed by atoms with van der Waals surface area (Å²) in [6, 6.07) is 14.8. The van der Waals surface area contributed by atoms with Crippen LogP contribution in [-0.4, -0.2) is 85.7 Å². The van der Waals surface area contributed by atoms with Gasteiger partial charge >= 0.3 is 11.9 Å². The van der Waals surface area contributed by atoms with Crippen molar-refractivity contribution in [3.05, 3.63) is 48.0 Å². The third-order valence-corrected chi connectivity index (χ3v) is 6.34. The van der Waals surface area contributed by atoms with Crippen molar-refractivity contribution in [3.8, 4) is 0 Å².